The summed E-state index contributed by atoms with van der Waals surface area (Å²) in [4.78, 5) is 26.1. The number of hydrogen-bond acceptors (Lipinski definition) is 4. The van der Waals surface area contributed by atoms with Gasteiger partial charge in [0.05, 0.1) is 18.4 Å². The molecule has 1 aliphatic heterocycles. The Morgan fingerprint density at radius 2 is 1.92 bits per heavy atom. The molecule has 3 aliphatic rings. The molecular weight excluding hydrogens is 316 g/mol. The highest BCUT2D eigenvalue weighted by Gasteiger charge is 2.64. The summed E-state index contributed by atoms with van der Waals surface area (Å²) in [5.74, 6) is 0.548. The highest BCUT2D eigenvalue weighted by Crippen LogP contribution is 2.65. The highest BCUT2D eigenvalue weighted by atomic mass is 16.5. The van der Waals surface area contributed by atoms with Gasteiger partial charge in [0.1, 0.15) is 11.9 Å². The number of rotatable bonds is 1. The maximum Gasteiger partial charge on any atom is 0.310 e. The molecule has 2 heterocycles. The van der Waals surface area contributed by atoms with Crippen molar-refractivity contribution >= 4 is 11.8 Å². The van der Waals surface area contributed by atoms with E-state index in [1.165, 1.54) is 0 Å². The third kappa shape index (κ3) is 2.25. The Balaban J connectivity index is 1.78. The van der Waals surface area contributed by atoms with E-state index < -0.39 is 0 Å². The van der Waals surface area contributed by atoms with Crippen LogP contribution in [0.5, 0.6) is 0 Å². The van der Waals surface area contributed by atoms with Crippen LogP contribution in [0, 0.1) is 34.5 Å². The van der Waals surface area contributed by atoms with Gasteiger partial charge < -0.3 is 9.15 Å². The van der Waals surface area contributed by atoms with Crippen LogP contribution >= 0.6 is 0 Å². The molecule has 2 aliphatic carbocycles. The molecule has 0 bridgehead atoms. The fraction of sp³-hybridized carbons (Fsp3) is 0.714. The SMILES string of the molecule is CC1C[C@@H](C)[C@]2(C)CC[C@H]3C(=O)OC(c4ccoc4)C[C@]3(C)C2C1=O. The zero-order valence-corrected chi connectivity index (χ0v) is 15.6. The lowest BCUT2D eigenvalue weighted by molar-refractivity contribution is -0.201. The van der Waals surface area contributed by atoms with E-state index in [0.717, 1.165) is 24.8 Å². The van der Waals surface area contributed by atoms with Gasteiger partial charge >= 0.3 is 5.97 Å². The Bertz CT molecular complexity index is 693. The average molecular weight is 344 g/mol. The van der Waals surface area contributed by atoms with Crippen molar-refractivity contribution < 1.29 is 18.7 Å². The normalized spacial score (nSPS) is 47.0. The van der Waals surface area contributed by atoms with Crippen LogP contribution in [-0.2, 0) is 14.3 Å². The summed E-state index contributed by atoms with van der Waals surface area (Å²) < 4.78 is 11.0. The number of Topliss-reactive ketones (excluding diaryl/α,β-unsaturated/α-hetero) is 1. The average Bonchev–Trinajstić information content (AvgIpc) is 3.06. The van der Waals surface area contributed by atoms with E-state index in [0.29, 0.717) is 18.1 Å². The molecule has 4 nitrogen and oxygen atoms in total. The minimum Gasteiger partial charge on any atom is -0.472 e. The predicted octanol–water partition coefficient (Wildman–Crippen LogP) is 4.55. The maximum atomic E-state index is 13.3. The molecule has 0 spiro atoms. The lowest BCUT2D eigenvalue weighted by Gasteiger charge is -2.61. The molecule has 0 radical (unpaired) electrons. The summed E-state index contributed by atoms with van der Waals surface area (Å²) >= 11 is 0. The first kappa shape index (κ1) is 16.9. The smallest absolute Gasteiger partial charge is 0.310 e. The lowest BCUT2D eigenvalue weighted by Crippen LogP contribution is -2.61. The summed E-state index contributed by atoms with van der Waals surface area (Å²) in [5.41, 5.74) is 0.530. The van der Waals surface area contributed by atoms with Crippen molar-refractivity contribution in [2.45, 2.75) is 59.5 Å². The third-order valence-corrected chi connectivity index (χ3v) is 7.77. The lowest BCUT2D eigenvalue weighted by atomic mass is 9.42. The number of cyclic esters (lactones) is 1. The van der Waals surface area contributed by atoms with Crippen LogP contribution in [0.2, 0.25) is 0 Å². The van der Waals surface area contributed by atoms with Gasteiger partial charge in [-0.05, 0) is 48.5 Å². The summed E-state index contributed by atoms with van der Waals surface area (Å²) in [6.07, 6.45) is 6.37. The van der Waals surface area contributed by atoms with Crippen molar-refractivity contribution in [3.63, 3.8) is 0 Å². The Morgan fingerprint density at radius 3 is 2.60 bits per heavy atom. The second kappa shape index (κ2) is 5.46. The quantitative estimate of drug-likeness (QED) is 0.701. The second-order valence-corrected chi connectivity index (χ2v) is 9.16. The van der Waals surface area contributed by atoms with Gasteiger partial charge in [-0.1, -0.05) is 27.7 Å². The zero-order valence-electron chi connectivity index (χ0n) is 15.6. The summed E-state index contributed by atoms with van der Waals surface area (Å²) in [7, 11) is 0. The molecule has 2 saturated carbocycles. The van der Waals surface area contributed by atoms with Crippen LogP contribution in [0.1, 0.15) is 65.0 Å². The molecule has 4 rings (SSSR count). The van der Waals surface area contributed by atoms with Crippen LogP contribution in [-0.4, -0.2) is 11.8 Å². The molecule has 3 unspecified atom stereocenters. The predicted molar refractivity (Wildman–Crippen MR) is 92.5 cm³/mol. The van der Waals surface area contributed by atoms with E-state index in [1.54, 1.807) is 12.5 Å². The fourth-order valence-electron chi connectivity index (χ4n) is 6.22. The number of ether oxygens (including phenoxy) is 1. The number of carbonyl (C=O) groups is 2. The highest BCUT2D eigenvalue weighted by molar-refractivity contribution is 5.87. The third-order valence-electron chi connectivity index (χ3n) is 7.77. The number of carbonyl (C=O) groups excluding carboxylic acids is 2. The van der Waals surface area contributed by atoms with Crippen LogP contribution in [0.4, 0.5) is 0 Å². The van der Waals surface area contributed by atoms with Crippen molar-refractivity contribution in [3.05, 3.63) is 24.2 Å². The van der Waals surface area contributed by atoms with Crippen molar-refractivity contribution in [1.29, 1.82) is 0 Å². The van der Waals surface area contributed by atoms with Gasteiger partial charge in [-0.25, -0.2) is 0 Å². The van der Waals surface area contributed by atoms with E-state index in [2.05, 4.69) is 27.7 Å². The van der Waals surface area contributed by atoms with E-state index in [-0.39, 0.29) is 40.7 Å². The van der Waals surface area contributed by atoms with E-state index in [4.69, 9.17) is 9.15 Å². The van der Waals surface area contributed by atoms with E-state index in [9.17, 15) is 9.59 Å². The molecular formula is C21H28O4. The Kier molecular flexibility index (Phi) is 3.68. The van der Waals surface area contributed by atoms with Crippen molar-refractivity contribution in [1.82, 2.24) is 0 Å². The number of fused-ring (bicyclic) bond motifs is 3. The van der Waals surface area contributed by atoms with Gasteiger partial charge in [-0.3, -0.25) is 9.59 Å². The van der Waals surface area contributed by atoms with Crippen LogP contribution in [0.25, 0.3) is 0 Å². The van der Waals surface area contributed by atoms with Gasteiger partial charge in [0.15, 0.2) is 0 Å². The number of ketones is 1. The minimum atomic E-state index is -0.343. The monoisotopic (exact) mass is 344 g/mol. The summed E-state index contributed by atoms with van der Waals surface area (Å²) in [6, 6.07) is 1.86. The number of hydrogen-bond donors (Lipinski definition) is 0. The molecule has 0 N–H and O–H groups in total. The Labute approximate surface area is 149 Å². The van der Waals surface area contributed by atoms with Gasteiger partial charge in [-0.2, -0.15) is 0 Å². The van der Waals surface area contributed by atoms with Crippen LogP contribution in [0.15, 0.2) is 23.0 Å². The molecule has 7 atom stereocenters. The molecule has 3 fully saturated rings. The van der Waals surface area contributed by atoms with E-state index in [1.807, 2.05) is 6.07 Å². The number of furan rings is 1. The first-order valence-corrected chi connectivity index (χ1v) is 9.53. The number of esters is 1. The van der Waals surface area contributed by atoms with Crippen molar-refractivity contribution in [3.8, 4) is 0 Å². The summed E-state index contributed by atoms with van der Waals surface area (Å²) in [6.45, 7) is 8.78. The first-order valence-electron chi connectivity index (χ1n) is 9.53. The van der Waals surface area contributed by atoms with Crippen LogP contribution < -0.4 is 0 Å². The molecule has 1 saturated heterocycles. The Hall–Kier alpha value is -1.58. The zero-order chi connectivity index (χ0) is 18.0. The molecule has 1 aromatic rings. The molecule has 0 aromatic carbocycles. The molecule has 4 heteroatoms. The second-order valence-electron chi connectivity index (χ2n) is 9.16. The molecule has 136 valence electrons. The first-order chi connectivity index (χ1) is 11.8. The van der Waals surface area contributed by atoms with Gasteiger partial charge in [0.25, 0.3) is 0 Å². The van der Waals surface area contributed by atoms with Crippen molar-refractivity contribution in [2.75, 3.05) is 0 Å². The molecule has 1 aromatic heterocycles. The topological polar surface area (TPSA) is 56.5 Å². The van der Waals surface area contributed by atoms with Crippen LogP contribution in [0.3, 0.4) is 0 Å². The minimum absolute atomic E-state index is 0.0204. The van der Waals surface area contributed by atoms with Crippen molar-refractivity contribution in [2.24, 2.45) is 34.5 Å². The standard InChI is InChI=1S/C21H28O4/c1-12-9-13(2)20(3)7-5-15-19(23)25-16(14-6-8-24-11-14)10-21(15,4)18(20)17(12)22/h6,8,11-13,15-16,18H,5,7,9-10H2,1-4H3/t12?,13-,15+,16?,18?,20+,21+/m1/s1. The van der Waals surface area contributed by atoms with Gasteiger partial charge in [0, 0.05) is 17.4 Å². The molecule has 25 heavy (non-hydrogen) atoms. The van der Waals surface area contributed by atoms with E-state index >= 15 is 0 Å². The van der Waals surface area contributed by atoms with Gasteiger partial charge in [-0.15, -0.1) is 0 Å². The largest absolute Gasteiger partial charge is 0.472 e. The maximum absolute atomic E-state index is 13.3. The summed E-state index contributed by atoms with van der Waals surface area (Å²) in [5, 5.41) is 0. The van der Waals surface area contributed by atoms with Gasteiger partial charge in [0.2, 0.25) is 0 Å². The molecule has 0 amide bonds. The fourth-order valence-corrected chi connectivity index (χ4v) is 6.22. The Morgan fingerprint density at radius 1 is 1.16 bits per heavy atom.